The number of hydrogen-bond acceptors (Lipinski definition) is 2. The van der Waals surface area contributed by atoms with Crippen LogP contribution in [0.2, 0.25) is 0 Å². The third kappa shape index (κ3) is 1.84. The lowest BCUT2D eigenvalue weighted by Crippen LogP contribution is -2.23. The first-order chi connectivity index (χ1) is 4.83. The summed E-state index contributed by atoms with van der Waals surface area (Å²) in [5, 5.41) is 3.16. The molecule has 1 unspecified atom stereocenters. The van der Waals surface area contributed by atoms with E-state index in [4.69, 9.17) is 0 Å². The van der Waals surface area contributed by atoms with Crippen molar-refractivity contribution in [3.63, 3.8) is 0 Å². The number of hydrogen-bond donors (Lipinski definition) is 2. The number of nitrogens with one attached hydrogen (secondary N) is 2. The summed E-state index contributed by atoms with van der Waals surface area (Å²) in [6.45, 7) is 2.14. The molecule has 56 valence electrons. The standard InChI is InChI=1S/C7H13N3/c1-6(8-2)3-7-4-9-5-10-7/h4-6,8H,3H2,1-2H3,(H,9,10). The molecule has 0 aliphatic carbocycles. The van der Waals surface area contributed by atoms with Gasteiger partial charge in [0.2, 0.25) is 0 Å². The highest BCUT2D eigenvalue weighted by molar-refractivity contribution is 4.96. The van der Waals surface area contributed by atoms with Crippen LogP contribution < -0.4 is 5.32 Å². The molecule has 0 spiro atoms. The van der Waals surface area contributed by atoms with Crippen molar-refractivity contribution in [3.8, 4) is 0 Å². The number of aromatic nitrogens is 2. The van der Waals surface area contributed by atoms with Crippen LogP contribution in [0.15, 0.2) is 12.5 Å². The zero-order valence-electron chi connectivity index (χ0n) is 6.39. The second-order valence-corrected chi connectivity index (χ2v) is 2.47. The number of aromatic amines is 1. The quantitative estimate of drug-likeness (QED) is 0.642. The molecule has 0 amide bonds. The molecule has 3 heteroatoms. The average molecular weight is 139 g/mol. The van der Waals surface area contributed by atoms with E-state index in [9.17, 15) is 0 Å². The van der Waals surface area contributed by atoms with Gasteiger partial charge in [0, 0.05) is 24.4 Å². The number of rotatable bonds is 3. The van der Waals surface area contributed by atoms with Gasteiger partial charge in [0.1, 0.15) is 0 Å². The fraction of sp³-hybridized carbons (Fsp3) is 0.571. The molecule has 1 aromatic heterocycles. The zero-order chi connectivity index (χ0) is 7.40. The molecule has 1 rings (SSSR count). The lowest BCUT2D eigenvalue weighted by Gasteiger charge is -2.06. The van der Waals surface area contributed by atoms with Gasteiger partial charge in [-0.15, -0.1) is 0 Å². The van der Waals surface area contributed by atoms with Crippen molar-refractivity contribution in [1.29, 1.82) is 0 Å². The predicted molar refractivity (Wildman–Crippen MR) is 40.8 cm³/mol. The van der Waals surface area contributed by atoms with Crippen LogP contribution in [0, 0.1) is 0 Å². The van der Waals surface area contributed by atoms with E-state index < -0.39 is 0 Å². The van der Waals surface area contributed by atoms with Gasteiger partial charge in [-0.1, -0.05) is 0 Å². The van der Waals surface area contributed by atoms with Crippen molar-refractivity contribution in [2.45, 2.75) is 19.4 Å². The van der Waals surface area contributed by atoms with Gasteiger partial charge < -0.3 is 10.3 Å². The molecule has 0 aliphatic rings. The Hall–Kier alpha value is -0.830. The second kappa shape index (κ2) is 3.37. The molecule has 0 saturated carbocycles. The minimum absolute atomic E-state index is 0.514. The van der Waals surface area contributed by atoms with Crippen LogP contribution in [-0.2, 0) is 6.42 Å². The summed E-state index contributed by atoms with van der Waals surface area (Å²) in [7, 11) is 1.96. The Morgan fingerprint density at radius 1 is 1.80 bits per heavy atom. The van der Waals surface area contributed by atoms with Crippen molar-refractivity contribution < 1.29 is 0 Å². The maximum Gasteiger partial charge on any atom is 0.0921 e. The summed E-state index contributed by atoms with van der Waals surface area (Å²) >= 11 is 0. The van der Waals surface area contributed by atoms with Gasteiger partial charge in [0.25, 0.3) is 0 Å². The van der Waals surface area contributed by atoms with Gasteiger partial charge in [0.15, 0.2) is 0 Å². The van der Waals surface area contributed by atoms with Crippen molar-refractivity contribution in [3.05, 3.63) is 18.2 Å². The Bertz CT molecular complexity index is 169. The summed E-state index contributed by atoms with van der Waals surface area (Å²) in [5.74, 6) is 0. The van der Waals surface area contributed by atoms with E-state index in [1.807, 2.05) is 13.2 Å². The predicted octanol–water partition coefficient (Wildman–Crippen LogP) is 0.560. The normalized spacial score (nSPS) is 13.4. The summed E-state index contributed by atoms with van der Waals surface area (Å²) < 4.78 is 0. The Labute approximate surface area is 60.9 Å². The molecule has 0 saturated heterocycles. The summed E-state index contributed by atoms with van der Waals surface area (Å²) in [6, 6.07) is 0.514. The van der Waals surface area contributed by atoms with E-state index in [0.717, 1.165) is 6.42 Å². The number of likely N-dealkylation sites (N-methyl/N-ethyl adjacent to an activating group) is 1. The average Bonchev–Trinajstić information content (AvgIpc) is 2.40. The first-order valence-electron chi connectivity index (χ1n) is 3.47. The summed E-state index contributed by atoms with van der Waals surface area (Å²) in [6.07, 6.45) is 4.57. The topological polar surface area (TPSA) is 40.7 Å². The van der Waals surface area contributed by atoms with Crippen molar-refractivity contribution >= 4 is 0 Å². The second-order valence-electron chi connectivity index (χ2n) is 2.47. The van der Waals surface area contributed by atoms with Crippen LogP contribution in [0.5, 0.6) is 0 Å². The fourth-order valence-electron chi connectivity index (χ4n) is 0.828. The van der Waals surface area contributed by atoms with E-state index in [0.29, 0.717) is 6.04 Å². The molecule has 0 fully saturated rings. The maximum atomic E-state index is 3.93. The van der Waals surface area contributed by atoms with E-state index >= 15 is 0 Å². The van der Waals surface area contributed by atoms with Crippen molar-refractivity contribution in [2.75, 3.05) is 7.05 Å². The van der Waals surface area contributed by atoms with E-state index in [2.05, 4.69) is 22.2 Å². The zero-order valence-corrected chi connectivity index (χ0v) is 6.39. The molecule has 1 aromatic rings. The molecule has 0 aliphatic heterocycles. The van der Waals surface area contributed by atoms with Gasteiger partial charge in [-0.25, -0.2) is 4.98 Å². The van der Waals surface area contributed by atoms with Gasteiger partial charge in [0.05, 0.1) is 6.33 Å². The molecule has 2 N–H and O–H groups in total. The van der Waals surface area contributed by atoms with Gasteiger partial charge in [-0.05, 0) is 14.0 Å². The molecule has 0 radical (unpaired) electrons. The van der Waals surface area contributed by atoms with Crippen LogP contribution in [0.1, 0.15) is 12.6 Å². The highest BCUT2D eigenvalue weighted by Gasteiger charge is 1.99. The van der Waals surface area contributed by atoms with Crippen LogP contribution in [0.25, 0.3) is 0 Å². The largest absolute Gasteiger partial charge is 0.348 e. The van der Waals surface area contributed by atoms with Crippen molar-refractivity contribution in [2.24, 2.45) is 0 Å². The Morgan fingerprint density at radius 2 is 2.60 bits per heavy atom. The third-order valence-corrected chi connectivity index (χ3v) is 1.57. The Kier molecular flexibility index (Phi) is 2.45. The van der Waals surface area contributed by atoms with Gasteiger partial charge in [-0.2, -0.15) is 0 Å². The minimum Gasteiger partial charge on any atom is -0.348 e. The molecular formula is C7H13N3. The molecule has 0 bridgehead atoms. The van der Waals surface area contributed by atoms with E-state index in [1.165, 1.54) is 5.69 Å². The number of nitrogens with zero attached hydrogens (tertiary/aromatic N) is 1. The first kappa shape index (κ1) is 7.28. The molecule has 0 aromatic carbocycles. The molecule has 1 atom stereocenters. The fourth-order valence-corrected chi connectivity index (χ4v) is 0.828. The van der Waals surface area contributed by atoms with Crippen LogP contribution in [-0.4, -0.2) is 23.1 Å². The monoisotopic (exact) mass is 139 g/mol. The summed E-state index contributed by atoms with van der Waals surface area (Å²) in [4.78, 5) is 6.98. The van der Waals surface area contributed by atoms with Gasteiger partial charge >= 0.3 is 0 Å². The highest BCUT2D eigenvalue weighted by Crippen LogP contribution is 1.95. The SMILES string of the molecule is CNC(C)Cc1cnc[nH]1. The summed E-state index contributed by atoms with van der Waals surface area (Å²) in [5.41, 5.74) is 1.18. The van der Waals surface area contributed by atoms with Crippen LogP contribution in [0.3, 0.4) is 0 Å². The smallest absolute Gasteiger partial charge is 0.0921 e. The Morgan fingerprint density at radius 3 is 3.10 bits per heavy atom. The lowest BCUT2D eigenvalue weighted by molar-refractivity contribution is 0.602. The first-order valence-corrected chi connectivity index (χ1v) is 3.47. The molecule has 3 nitrogen and oxygen atoms in total. The van der Waals surface area contributed by atoms with Gasteiger partial charge in [-0.3, -0.25) is 0 Å². The van der Waals surface area contributed by atoms with E-state index in [1.54, 1.807) is 6.33 Å². The molecule has 1 heterocycles. The number of imidazole rings is 1. The highest BCUT2D eigenvalue weighted by atomic mass is 14.9. The van der Waals surface area contributed by atoms with E-state index in [-0.39, 0.29) is 0 Å². The minimum atomic E-state index is 0.514. The lowest BCUT2D eigenvalue weighted by atomic mass is 10.2. The molecular weight excluding hydrogens is 126 g/mol. The van der Waals surface area contributed by atoms with Crippen molar-refractivity contribution in [1.82, 2.24) is 15.3 Å². The van der Waals surface area contributed by atoms with Crippen LogP contribution >= 0.6 is 0 Å². The molecule has 10 heavy (non-hydrogen) atoms. The number of H-pyrrole nitrogens is 1. The van der Waals surface area contributed by atoms with Crippen LogP contribution in [0.4, 0.5) is 0 Å². The maximum absolute atomic E-state index is 3.93. The third-order valence-electron chi connectivity index (χ3n) is 1.57. The Balaban J connectivity index is 2.40.